The summed E-state index contributed by atoms with van der Waals surface area (Å²) in [6, 6.07) is 14.6. The Morgan fingerprint density at radius 2 is 1.56 bits per heavy atom. The van der Waals surface area contributed by atoms with Crippen molar-refractivity contribution in [2.45, 2.75) is 50.6 Å². The molecule has 8 heteroatoms. The molecule has 1 aliphatic rings. The lowest BCUT2D eigenvalue weighted by atomic mass is 9.99. The van der Waals surface area contributed by atoms with Crippen molar-refractivity contribution in [1.29, 1.82) is 0 Å². The van der Waals surface area contributed by atoms with E-state index in [0.717, 1.165) is 5.56 Å². The highest BCUT2D eigenvalue weighted by atomic mass is 32.2. The Morgan fingerprint density at radius 1 is 0.969 bits per heavy atom. The molecular weight excluding hydrogens is 426 g/mol. The van der Waals surface area contributed by atoms with Crippen LogP contribution in [0, 0.1) is 12.8 Å². The third-order valence-electron chi connectivity index (χ3n) is 5.72. The molecule has 32 heavy (non-hydrogen) atoms. The Bertz CT molecular complexity index is 1030. The van der Waals surface area contributed by atoms with E-state index in [1.807, 2.05) is 32.9 Å². The third-order valence-corrected chi connectivity index (χ3v) is 7.25. The monoisotopic (exact) mass is 457 g/mol. The Hall–Kier alpha value is -2.71. The highest BCUT2D eigenvalue weighted by molar-refractivity contribution is 7.89. The number of likely N-dealkylation sites (tertiary alicyclic amines) is 1. The van der Waals surface area contributed by atoms with E-state index in [9.17, 15) is 18.0 Å². The van der Waals surface area contributed by atoms with Crippen LogP contribution >= 0.6 is 0 Å². The van der Waals surface area contributed by atoms with E-state index in [1.165, 1.54) is 0 Å². The minimum atomic E-state index is -3.59. The third kappa shape index (κ3) is 5.95. The molecule has 2 amide bonds. The number of piperidine rings is 1. The molecule has 0 unspecified atom stereocenters. The lowest BCUT2D eigenvalue weighted by Gasteiger charge is -2.35. The van der Waals surface area contributed by atoms with Gasteiger partial charge in [-0.3, -0.25) is 9.59 Å². The van der Waals surface area contributed by atoms with Crippen molar-refractivity contribution < 1.29 is 18.0 Å². The number of hydrogen-bond donors (Lipinski definition) is 2. The van der Waals surface area contributed by atoms with E-state index in [0.29, 0.717) is 31.5 Å². The number of nitrogens with zero attached hydrogens (tertiary/aromatic N) is 1. The molecule has 0 aromatic heterocycles. The second-order valence-electron chi connectivity index (χ2n) is 8.60. The molecule has 1 saturated heterocycles. The summed E-state index contributed by atoms with van der Waals surface area (Å²) in [5.74, 6) is -0.487. The van der Waals surface area contributed by atoms with Crippen molar-refractivity contribution in [2.24, 2.45) is 5.92 Å². The first-order valence-electron chi connectivity index (χ1n) is 10.9. The average Bonchev–Trinajstić information content (AvgIpc) is 2.78. The van der Waals surface area contributed by atoms with Crippen LogP contribution in [0.5, 0.6) is 0 Å². The summed E-state index contributed by atoms with van der Waals surface area (Å²) >= 11 is 0. The second kappa shape index (κ2) is 10.3. The number of carbonyl (C=O) groups is 2. The molecule has 3 rings (SSSR count). The van der Waals surface area contributed by atoms with E-state index < -0.39 is 16.1 Å². The van der Waals surface area contributed by atoms with Gasteiger partial charge in [0.2, 0.25) is 15.9 Å². The van der Waals surface area contributed by atoms with Crippen molar-refractivity contribution in [2.75, 3.05) is 13.1 Å². The molecule has 172 valence electrons. The zero-order chi connectivity index (χ0) is 23.3. The fourth-order valence-corrected chi connectivity index (χ4v) is 5.07. The molecule has 1 aliphatic heterocycles. The van der Waals surface area contributed by atoms with Crippen LogP contribution < -0.4 is 10.0 Å². The van der Waals surface area contributed by atoms with Crippen LogP contribution in [0.4, 0.5) is 0 Å². The van der Waals surface area contributed by atoms with Crippen LogP contribution in [0.2, 0.25) is 0 Å². The fraction of sp³-hybridized carbons (Fsp3) is 0.417. The average molecular weight is 458 g/mol. The lowest BCUT2D eigenvalue weighted by Crippen LogP contribution is -2.54. The van der Waals surface area contributed by atoms with Crippen molar-refractivity contribution in [1.82, 2.24) is 14.9 Å². The molecule has 1 atom stereocenters. The molecule has 0 aliphatic carbocycles. The van der Waals surface area contributed by atoms with E-state index in [2.05, 4.69) is 10.0 Å². The predicted octanol–water partition coefficient (Wildman–Crippen LogP) is 2.72. The highest BCUT2D eigenvalue weighted by Gasteiger charge is 2.32. The number of amides is 2. The Balaban J connectivity index is 1.58. The Kier molecular flexibility index (Phi) is 7.69. The predicted molar refractivity (Wildman–Crippen MR) is 124 cm³/mol. The summed E-state index contributed by atoms with van der Waals surface area (Å²) in [7, 11) is -3.59. The van der Waals surface area contributed by atoms with Crippen LogP contribution in [-0.2, 0) is 14.8 Å². The minimum absolute atomic E-state index is 0.0776. The second-order valence-corrected chi connectivity index (χ2v) is 10.3. The lowest BCUT2D eigenvalue weighted by molar-refractivity contribution is -0.135. The van der Waals surface area contributed by atoms with Gasteiger partial charge < -0.3 is 10.2 Å². The number of nitrogens with one attached hydrogen (secondary N) is 2. The summed E-state index contributed by atoms with van der Waals surface area (Å²) < 4.78 is 27.8. The van der Waals surface area contributed by atoms with E-state index in [4.69, 9.17) is 0 Å². The number of carbonyl (C=O) groups excluding carboxylic acids is 2. The first kappa shape index (κ1) is 23.9. The van der Waals surface area contributed by atoms with E-state index in [-0.39, 0.29) is 28.7 Å². The number of hydrogen-bond acceptors (Lipinski definition) is 4. The molecule has 2 aromatic rings. The van der Waals surface area contributed by atoms with Crippen molar-refractivity contribution in [3.63, 3.8) is 0 Å². The molecule has 0 spiro atoms. The SMILES string of the molecule is Cc1ccc(C(=O)N[C@H](C(=O)N2CCC(NS(=O)(=O)c3ccccc3)CC2)C(C)C)cc1. The molecule has 2 N–H and O–H groups in total. The largest absolute Gasteiger partial charge is 0.341 e. The van der Waals surface area contributed by atoms with Gasteiger partial charge >= 0.3 is 0 Å². The number of aryl methyl sites for hydroxylation is 1. The molecule has 7 nitrogen and oxygen atoms in total. The smallest absolute Gasteiger partial charge is 0.251 e. The summed E-state index contributed by atoms with van der Waals surface area (Å²) in [6.45, 7) is 6.62. The van der Waals surface area contributed by atoms with Crippen molar-refractivity contribution >= 4 is 21.8 Å². The molecule has 0 radical (unpaired) electrons. The fourth-order valence-electron chi connectivity index (χ4n) is 3.74. The summed E-state index contributed by atoms with van der Waals surface area (Å²) in [5, 5.41) is 2.88. The van der Waals surface area contributed by atoms with Gasteiger partial charge in [-0.05, 0) is 49.9 Å². The van der Waals surface area contributed by atoms with Crippen LogP contribution in [0.15, 0.2) is 59.5 Å². The van der Waals surface area contributed by atoms with Crippen molar-refractivity contribution in [3.05, 3.63) is 65.7 Å². The maximum absolute atomic E-state index is 13.1. The van der Waals surface area contributed by atoms with Gasteiger partial charge in [0.05, 0.1) is 4.90 Å². The zero-order valence-corrected chi connectivity index (χ0v) is 19.6. The topological polar surface area (TPSA) is 95.6 Å². The number of rotatable bonds is 7. The van der Waals surface area contributed by atoms with Gasteiger partial charge in [-0.2, -0.15) is 0 Å². The first-order chi connectivity index (χ1) is 15.2. The molecular formula is C24H31N3O4S. The summed E-state index contributed by atoms with van der Waals surface area (Å²) in [4.78, 5) is 27.7. The molecule has 0 bridgehead atoms. The molecule has 1 heterocycles. The number of benzene rings is 2. The van der Waals surface area contributed by atoms with Gasteiger partial charge in [0.1, 0.15) is 6.04 Å². The summed E-state index contributed by atoms with van der Waals surface area (Å²) in [5.41, 5.74) is 1.58. The van der Waals surface area contributed by atoms with Gasteiger partial charge in [0, 0.05) is 24.7 Å². The maximum atomic E-state index is 13.1. The zero-order valence-electron chi connectivity index (χ0n) is 18.7. The highest BCUT2D eigenvalue weighted by Crippen LogP contribution is 2.17. The van der Waals surface area contributed by atoms with Gasteiger partial charge in [0.25, 0.3) is 5.91 Å². The standard InChI is InChI=1S/C24H31N3O4S/c1-17(2)22(25-23(28)19-11-9-18(3)10-12-19)24(29)27-15-13-20(14-16-27)26-32(30,31)21-7-5-4-6-8-21/h4-12,17,20,22,26H,13-16H2,1-3H3,(H,25,28)/t22-/m0/s1. The van der Waals surface area contributed by atoms with Gasteiger partial charge in [-0.15, -0.1) is 0 Å². The van der Waals surface area contributed by atoms with E-state index in [1.54, 1.807) is 47.4 Å². The van der Waals surface area contributed by atoms with Crippen LogP contribution in [0.25, 0.3) is 0 Å². The van der Waals surface area contributed by atoms with Gasteiger partial charge in [0.15, 0.2) is 0 Å². The Labute approximate surface area is 190 Å². The molecule has 0 saturated carbocycles. The van der Waals surface area contributed by atoms with Gasteiger partial charge in [-0.25, -0.2) is 13.1 Å². The number of sulfonamides is 1. The van der Waals surface area contributed by atoms with Crippen molar-refractivity contribution in [3.8, 4) is 0 Å². The van der Waals surface area contributed by atoms with Crippen LogP contribution in [0.3, 0.4) is 0 Å². The molecule has 2 aromatic carbocycles. The van der Waals surface area contributed by atoms with Gasteiger partial charge in [-0.1, -0.05) is 49.7 Å². The van der Waals surface area contributed by atoms with E-state index >= 15 is 0 Å². The molecule has 1 fully saturated rings. The van der Waals surface area contributed by atoms with Crippen LogP contribution in [0.1, 0.15) is 42.6 Å². The van der Waals surface area contributed by atoms with Crippen LogP contribution in [-0.4, -0.2) is 50.3 Å². The summed E-state index contributed by atoms with van der Waals surface area (Å²) in [6.07, 6.45) is 1.04. The quantitative estimate of drug-likeness (QED) is 0.668. The maximum Gasteiger partial charge on any atom is 0.251 e. The Morgan fingerprint density at radius 3 is 2.12 bits per heavy atom. The minimum Gasteiger partial charge on any atom is -0.341 e. The normalized spacial score (nSPS) is 16.1. The first-order valence-corrected chi connectivity index (χ1v) is 12.4.